The standard InChI is InChI=1S/C15H16N6O2S/c1-22-12-6-4-11(5-7-12)10-24-15-20-19-14(21(15)16)18-17-9-13-3-2-8-23-13/h2-9H,10,16H2,1H3,(H,18,19)/b17-9+. The first kappa shape index (κ1) is 15.9. The van der Waals surface area contributed by atoms with E-state index < -0.39 is 0 Å². The Bertz CT molecular complexity index is 798. The summed E-state index contributed by atoms with van der Waals surface area (Å²) in [6, 6.07) is 11.4. The molecule has 3 aromatic rings. The minimum absolute atomic E-state index is 0.343. The van der Waals surface area contributed by atoms with Crippen molar-refractivity contribution in [1.29, 1.82) is 0 Å². The number of rotatable bonds is 7. The van der Waals surface area contributed by atoms with Crippen LogP contribution in [0.4, 0.5) is 5.95 Å². The molecule has 3 N–H and O–H groups in total. The number of nitrogens with zero attached hydrogens (tertiary/aromatic N) is 4. The molecule has 0 amide bonds. The van der Waals surface area contributed by atoms with Gasteiger partial charge in [-0.15, -0.1) is 10.2 Å². The number of aromatic nitrogens is 3. The van der Waals surface area contributed by atoms with Crippen molar-refractivity contribution in [1.82, 2.24) is 14.9 Å². The van der Waals surface area contributed by atoms with Gasteiger partial charge in [-0.2, -0.15) is 5.10 Å². The molecule has 9 heteroatoms. The SMILES string of the molecule is COc1ccc(CSc2nnc(N/N=C/c3ccco3)n2N)cc1. The number of anilines is 1. The molecule has 0 saturated carbocycles. The predicted octanol–water partition coefficient (Wildman–Crippen LogP) is 2.33. The van der Waals surface area contributed by atoms with Crippen LogP contribution in [-0.2, 0) is 5.75 Å². The van der Waals surface area contributed by atoms with Crippen molar-refractivity contribution in [3.8, 4) is 5.75 Å². The van der Waals surface area contributed by atoms with E-state index in [-0.39, 0.29) is 0 Å². The Kier molecular flexibility index (Phi) is 5.02. The van der Waals surface area contributed by atoms with Crippen LogP contribution in [0.15, 0.2) is 57.3 Å². The van der Waals surface area contributed by atoms with E-state index >= 15 is 0 Å². The Morgan fingerprint density at radius 2 is 2.17 bits per heavy atom. The summed E-state index contributed by atoms with van der Waals surface area (Å²) >= 11 is 1.48. The molecule has 1 aromatic carbocycles. The summed E-state index contributed by atoms with van der Waals surface area (Å²) in [6.45, 7) is 0. The van der Waals surface area contributed by atoms with E-state index in [1.807, 2.05) is 24.3 Å². The van der Waals surface area contributed by atoms with Crippen LogP contribution < -0.4 is 16.0 Å². The average Bonchev–Trinajstić information content (AvgIpc) is 3.25. The van der Waals surface area contributed by atoms with Gasteiger partial charge in [-0.25, -0.2) is 10.1 Å². The summed E-state index contributed by atoms with van der Waals surface area (Å²) in [5.74, 6) is 8.47. The number of hydrogen-bond acceptors (Lipinski definition) is 8. The largest absolute Gasteiger partial charge is 0.497 e. The van der Waals surface area contributed by atoms with Crippen LogP contribution in [0, 0.1) is 0 Å². The van der Waals surface area contributed by atoms with E-state index in [4.69, 9.17) is 15.0 Å². The number of benzene rings is 1. The molecule has 0 atom stereocenters. The monoisotopic (exact) mass is 344 g/mol. The topological polar surface area (TPSA) is 103 Å². The molecule has 0 fully saturated rings. The van der Waals surface area contributed by atoms with Gasteiger partial charge in [0.05, 0.1) is 19.6 Å². The normalized spacial score (nSPS) is 11.0. The maximum absolute atomic E-state index is 5.96. The van der Waals surface area contributed by atoms with Crippen molar-refractivity contribution in [2.75, 3.05) is 18.4 Å². The number of ether oxygens (including phenoxy) is 1. The van der Waals surface area contributed by atoms with E-state index in [9.17, 15) is 0 Å². The molecule has 124 valence electrons. The van der Waals surface area contributed by atoms with Gasteiger partial charge in [0.2, 0.25) is 5.16 Å². The van der Waals surface area contributed by atoms with Crippen molar-refractivity contribution in [2.24, 2.45) is 5.10 Å². The highest BCUT2D eigenvalue weighted by atomic mass is 32.2. The van der Waals surface area contributed by atoms with Gasteiger partial charge in [0.1, 0.15) is 11.5 Å². The molecule has 2 heterocycles. The van der Waals surface area contributed by atoms with Crippen LogP contribution in [0.2, 0.25) is 0 Å². The van der Waals surface area contributed by atoms with Crippen molar-refractivity contribution < 1.29 is 9.15 Å². The quantitative estimate of drug-likeness (QED) is 0.293. The number of hydrazone groups is 1. The summed E-state index contributed by atoms with van der Waals surface area (Å²) in [7, 11) is 1.64. The van der Waals surface area contributed by atoms with Gasteiger partial charge in [0.25, 0.3) is 5.95 Å². The first-order chi connectivity index (χ1) is 11.8. The molecule has 0 radical (unpaired) electrons. The molecule has 0 aliphatic rings. The van der Waals surface area contributed by atoms with Crippen LogP contribution in [0.3, 0.4) is 0 Å². The number of furan rings is 1. The highest BCUT2D eigenvalue weighted by Crippen LogP contribution is 2.22. The molecular formula is C15H16N6O2S. The van der Waals surface area contributed by atoms with Gasteiger partial charge in [0, 0.05) is 5.75 Å². The summed E-state index contributed by atoms with van der Waals surface area (Å²) < 4.78 is 11.6. The molecule has 0 spiro atoms. The Labute approximate surface area is 142 Å². The van der Waals surface area contributed by atoms with Crippen LogP contribution in [-0.4, -0.2) is 28.2 Å². The number of methoxy groups -OCH3 is 1. The average molecular weight is 344 g/mol. The molecule has 24 heavy (non-hydrogen) atoms. The third-order valence-electron chi connectivity index (χ3n) is 3.09. The highest BCUT2D eigenvalue weighted by Gasteiger charge is 2.09. The highest BCUT2D eigenvalue weighted by molar-refractivity contribution is 7.98. The molecule has 3 rings (SSSR count). The summed E-state index contributed by atoms with van der Waals surface area (Å²) in [5.41, 5.74) is 3.86. The zero-order chi connectivity index (χ0) is 16.8. The zero-order valence-electron chi connectivity index (χ0n) is 12.9. The molecule has 8 nitrogen and oxygen atoms in total. The molecule has 0 aliphatic heterocycles. The molecule has 0 unspecified atom stereocenters. The van der Waals surface area contributed by atoms with Gasteiger partial charge in [-0.05, 0) is 29.8 Å². The van der Waals surface area contributed by atoms with Crippen LogP contribution >= 0.6 is 11.8 Å². The van der Waals surface area contributed by atoms with E-state index in [0.29, 0.717) is 16.9 Å². The number of nitrogens with two attached hydrogens (primary N) is 1. The second-order valence-electron chi connectivity index (χ2n) is 4.70. The third kappa shape index (κ3) is 3.87. The minimum Gasteiger partial charge on any atom is -0.497 e. The summed E-state index contributed by atoms with van der Waals surface area (Å²) in [6.07, 6.45) is 3.10. The molecule has 0 aliphatic carbocycles. The lowest BCUT2D eigenvalue weighted by Gasteiger charge is -2.04. The summed E-state index contributed by atoms with van der Waals surface area (Å²) in [5, 5.41) is 12.6. The molecule has 0 saturated heterocycles. The lowest BCUT2D eigenvalue weighted by Crippen LogP contribution is -2.13. The number of thioether (sulfide) groups is 1. The number of nitrogen functional groups attached to an aromatic ring is 1. The van der Waals surface area contributed by atoms with Crippen molar-refractivity contribution >= 4 is 23.9 Å². The lowest BCUT2D eigenvalue weighted by atomic mass is 10.2. The fraction of sp³-hybridized carbons (Fsp3) is 0.133. The van der Waals surface area contributed by atoms with Crippen LogP contribution in [0.25, 0.3) is 0 Å². The fourth-order valence-electron chi connectivity index (χ4n) is 1.84. The maximum atomic E-state index is 5.96. The van der Waals surface area contributed by atoms with Gasteiger partial charge in [0.15, 0.2) is 0 Å². The van der Waals surface area contributed by atoms with E-state index in [0.717, 1.165) is 17.1 Å². The Morgan fingerprint density at radius 1 is 1.33 bits per heavy atom. The number of nitrogens with one attached hydrogen (secondary N) is 1. The van der Waals surface area contributed by atoms with E-state index in [1.165, 1.54) is 22.7 Å². The summed E-state index contributed by atoms with van der Waals surface area (Å²) in [4.78, 5) is 0. The Morgan fingerprint density at radius 3 is 2.88 bits per heavy atom. The van der Waals surface area contributed by atoms with E-state index in [2.05, 4.69) is 20.7 Å². The molecule has 0 bridgehead atoms. The first-order valence-corrected chi connectivity index (χ1v) is 8.03. The van der Waals surface area contributed by atoms with Gasteiger partial charge >= 0.3 is 0 Å². The van der Waals surface area contributed by atoms with E-state index in [1.54, 1.807) is 25.5 Å². The fourth-order valence-corrected chi connectivity index (χ4v) is 2.65. The van der Waals surface area contributed by atoms with Gasteiger partial charge in [-0.1, -0.05) is 23.9 Å². The lowest BCUT2D eigenvalue weighted by molar-refractivity contribution is 0.414. The first-order valence-electron chi connectivity index (χ1n) is 7.05. The second-order valence-corrected chi connectivity index (χ2v) is 5.64. The van der Waals surface area contributed by atoms with Crippen LogP contribution in [0.5, 0.6) is 5.75 Å². The predicted molar refractivity (Wildman–Crippen MR) is 92.7 cm³/mol. The zero-order valence-corrected chi connectivity index (χ0v) is 13.7. The number of hydrogen-bond donors (Lipinski definition) is 2. The van der Waals surface area contributed by atoms with Gasteiger partial charge in [-0.3, -0.25) is 0 Å². The molecular weight excluding hydrogens is 328 g/mol. The Balaban J connectivity index is 1.57. The van der Waals surface area contributed by atoms with Crippen molar-refractivity contribution in [3.63, 3.8) is 0 Å². The second kappa shape index (κ2) is 7.55. The van der Waals surface area contributed by atoms with Gasteiger partial charge < -0.3 is 15.0 Å². The van der Waals surface area contributed by atoms with Crippen molar-refractivity contribution in [2.45, 2.75) is 10.9 Å². The molecule has 2 aromatic heterocycles. The van der Waals surface area contributed by atoms with Crippen molar-refractivity contribution in [3.05, 3.63) is 54.0 Å². The van der Waals surface area contributed by atoms with Crippen LogP contribution in [0.1, 0.15) is 11.3 Å². The smallest absolute Gasteiger partial charge is 0.264 e. The minimum atomic E-state index is 0.343. The third-order valence-corrected chi connectivity index (χ3v) is 4.11. The maximum Gasteiger partial charge on any atom is 0.264 e. The Hall–Kier alpha value is -2.94.